The third-order valence-electron chi connectivity index (χ3n) is 1.65. The number of hydrogen-bond acceptors (Lipinski definition) is 2. The van der Waals surface area contributed by atoms with Crippen LogP contribution in [0.2, 0.25) is 0 Å². The van der Waals surface area contributed by atoms with Gasteiger partial charge in [-0.25, -0.2) is 0 Å². The molecule has 0 aromatic heterocycles. The highest BCUT2D eigenvalue weighted by atomic mass is 16.3. The fourth-order valence-corrected chi connectivity index (χ4v) is 0.970. The molecule has 1 aromatic rings. The van der Waals surface area contributed by atoms with E-state index in [0.29, 0.717) is 5.84 Å². The Bertz CT molecular complexity index is 284. The van der Waals surface area contributed by atoms with Crippen LogP contribution in [0.1, 0.15) is 11.1 Å². The summed E-state index contributed by atoms with van der Waals surface area (Å²) in [4.78, 5) is 0. The number of amidine groups is 1. The first-order chi connectivity index (χ1) is 5.77. The molecule has 0 saturated heterocycles. The number of aliphatic hydroxyl groups excluding tert-OH is 1. The van der Waals surface area contributed by atoms with E-state index in [1.54, 1.807) is 13.1 Å². The summed E-state index contributed by atoms with van der Waals surface area (Å²) in [5, 5.41) is 19.0. The van der Waals surface area contributed by atoms with Crippen LogP contribution in [0.4, 0.5) is 0 Å². The van der Waals surface area contributed by atoms with Gasteiger partial charge in [0, 0.05) is 12.6 Å². The zero-order valence-electron chi connectivity index (χ0n) is 6.96. The number of aliphatic hydroxyl groups is 1. The Balaban J connectivity index is 2.93. The normalized spacial score (nSPS) is 9.50. The van der Waals surface area contributed by atoms with Gasteiger partial charge in [-0.1, -0.05) is 18.2 Å². The van der Waals surface area contributed by atoms with Gasteiger partial charge in [-0.2, -0.15) is 0 Å². The summed E-state index contributed by atoms with van der Waals surface area (Å²) >= 11 is 0. The molecule has 0 bridgehead atoms. The van der Waals surface area contributed by atoms with Crippen LogP contribution in [-0.4, -0.2) is 18.0 Å². The maximum absolute atomic E-state index is 8.83. The van der Waals surface area contributed by atoms with Gasteiger partial charge in [-0.05, 0) is 11.6 Å². The lowest BCUT2D eigenvalue weighted by Gasteiger charge is -2.03. The van der Waals surface area contributed by atoms with E-state index in [1.807, 2.05) is 18.2 Å². The second-order valence-electron chi connectivity index (χ2n) is 2.48. The zero-order chi connectivity index (χ0) is 8.97. The molecule has 0 radical (unpaired) electrons. The first-order valence-electron chi connectivity index (χ1n) is 3.74. The number of hydrogen-bond donors (Lipinski definition) is 3. The van der Waals surface area contributed by atoms with Gasteiger partial charge in [0.1, 0.15) is 5.84 Å². The van der Waals surface area contributed by atoms with Crippen molar-refractivity contribution in [2.45, 2.75) is 6.61 Å². The number of benzene rings is 1. The van der Waals surface area contributed by atoms with E-state index in [0.717, 1.165) is 11.1 Å². The Kier molecular flexibility index (Phi) is 2.82. The van der Waals surface area contributed by atoms with Crippen LogP contribution < -0.4 is 5.32 Å². The minimum Gasteiger partial charge on any atom is -0.392 e. The molecule has 0 saturated carbocycles. The summed E-state index contributed by atoms with van der Waals surface area (Å²) in [7, 11) is 1.70. The van der Waals surface area contributed by atoms with Gasteiger partial charge < -0.3 is 10.4 Å². The first kappa shape index (κ1) is 8.74. The van der Waals surface area contributed by atoms with Crippen molar-refractivity contribution in [2.75, 3.05) is 7.05 Å². The van der Waals surface area contributed by atoms with Crippen molar-refractivity contribution in [3.8, 4) is 0 Å². The van der Waals surface area contributed by atoms with Gasteiger partial charge in [-0.3, -0.25) is 5.41 Å². The van der Waals surface area contributed by atoms with E-state index in [9.17, 15) is 0 Å². The lowest BCUT2D eigenvalue weighted by molar-refractivity contribution is 0.282. The molecular formula is C9H12N2O. The standard InChI is InChI=1S/C9H12N2O/c1-11-9(10)8-4-2-3-7(5-8)6-12/h2-5,12H,6H2,1H3,(H2,10,11). The van der Waals surface area contributed by atoms with E-state index in [1.165, 1.54) is 0 Å². The Morgan fingerprint density at radius 2 is 2.33 bits per heavy atom. The summed E-state index contributed by atoms with van der Waals surface area (Å²) in [5.74, 6) is 0.366. The highest BCUT2D eigenvalue weighted by Crippen LogP contribution is 2.04. The Morgan fingerprint density at radius 3 is 2.92 bits per heavy atom. The zero-order valence-corrected chi connectivity index (χ0v) is 6.96. The molecule has 3 nitrogen and oxygen atoms in total. The molecule has 0 aliphatic heterocycles. The van der Waals surface area contributed by atoms with E-state index in [2.05, 4.69) is 5.32 Å². The van der Waals surface area contributed by atoms with Gasteiger partial charge in [0.15, 0.2) is 0 Å². The fraction of sp³-hybridized carbons (Fsp3) is 0.222. The molecule has 0 aliphatic carbocycles. The van der Waals surface area contributed by atoms with Crippen LogP contribution >= 0.6 is 0 Å². The van der Waals surface area contributed by atoms with Crippen molar-refractivity contribution >= 4 is 5.84 Å². The van der Waals surface area contributed by atoms with Gasteiger partial charge in [-0.15, -0.1) is 0 Å². The smallest absolute Gasteiger partial charge is 0.125 e. The fourth-order valence-electron chi connectivity index (χ4n) is 0.970. The van der Waals surface area contributed by atoms with Gasteiger partial charge in [0.25, 0.3) is 0 Å². The minimum atomic E-state index is 0.0187. The largest absolute Gasteiger partial charge is 0.392 e. The van der Waals surface area contributed by atoms with Gasteiger partial charge in [0.2, 0.25) is 0 Å². The molecule has 3 N–H and O–H groups in total. The lowest BCUT2D eigenvalue weighted by atomic mass is 10.1. The van der Waals surface area contributed by atoms with Crippen LogP contribution in [-0.2, 0) is 6.61 Å². The molecule has 0 fully saturated rings. The molecule has 0 atom stereocenters. The van der Waals surface area contributed by atoms with Gasteiger partial charge in [0.05, 0.1) is 6.61 Å². The lowest BCUT2D eigenvalue weighted by Crippen LogP contribution is -2.17. The van der Waals surface area contributed by atoms with Crippen molar-refractivity contribution in [2.24, 2.45) is 0 Å². The Morgan fingerprint density at radius 1 is 1.58 bits per heavy atom. The van der Waals surface area contributed by atoms with Crippen molar-refractivity contribution in [3.63, 3.8) is 0 Å². The van der Waals surface area contributed by atoms with E-state index >= 15 is 0 Å². The van der Waals surface area contributed by atoms with Crippen molar-refractivity contribution < 1.29 is 5.11 Å². The van der Waals surface area contributed by atoms with Crippen molar-refractivity contribution in [1.82, 2.24) is 5.32 Å². The molecular weight excluding hydrogens is 152 g/mol. The van der Waals surface area contributed by atoms with Crippen LogP contribution in [0.3, 0.4) is 0 Å². The quantitative estimate of drug-likeness (QED) is 0.445. The molecule has 12 heavy (non-hydrogen) atoms. The molecule has 0 unspecified atom stereocenters. The highest BCUT2D eigenvalue weighted by molar-refractivity contribution is 5.96. The molecule has 0 spiro atoms. The molecule has 1 aromatic carbocycles. The SMILES string of the molecule is CNC(=N)c1cccc(CO)c1. The van der Waals surface area contributed by atoms with Gasteiger partial charge >= 0.3 is 0 Å². The van der Waals surface area contributed by atoms with Crippen LogP contribution in [0.15, 0.2) is 24.3 Å². The Hall–Kier alpha value is -1.35. The predicted octanol–water partition coefficient (Wildman–Crippen LogP) is 0.724. The summed E-state index contributed by atoms with van der Waals surface area (Å²) < 4.78 is 0. The van der Waals surface area contributed by atoms with E-state index in [4.69, 9.17) is 10.5 Å². The summed E-state index contributed by atoms with van der Waals surface area (Å²) in [6.07, 6.45) is 0. The topological polar surface area (TPSA) is 56.1 Å². The maximum Gasteiger partial charge on any atom is 0.125 e. The molecule has 64 valence electrons. The predicted molar refractivity (Wildman–Crippen MR) is 48.3 cm³/mol. The van der Waals surface area contributed by atoms with E-state index < -0.39 is 0 Å². The van der Waals surface area contributed by atoms with Crippen molar-refractivity contribution in [1.29, 1.82) is 5.41 Å². The second kappa shape index (κ2) is 3.88. The highest BCUT2D eigenvalue weighted by Gasteiger charge is 1.98. The average molecular weight is 164 g/mol. The number of rotatable bonds is 2. The molecule has 0 aliphatic rings. The maximum atomic E-state index is 8.83. The van der Waals surface area contributed by atoms with Crippen molar-refractivity contribution in [3.05, 3.63) is 35.4 Å². The van der Waals surface area contributed by atoms with Crippen LogP contribution in [0.25, 0.3) is 0 Å². The summed E-state index contributed by atoms with van der Waals surface area (Å²) in [5.41, 5.74) is 1.62. The summed E-state index contributed by atoms with van der Waals surface area (Å²) in [6, 6.07) is 7.27. The van der Waals surface area contributed by atoms with Crippen LogP contribution in [0, 0.1) is 5.41 Å². The van der Waals surface area contributed by atoms with Crippen LogP contribution in [0.5, 0.6) is 0 Å². The number of nitrogens with one attached hydrogen (secondary N) is 2. The monoisotopic (exact) mass is 164 g/mol. The molecule has 0 amide bonds. The average Bonchev–Trinajstić information content (AvgIpc) is 2.17. The molecule has 3 heteroatoms. The Labute approximate surface area is 71.6 Å². The second-order valence-corrected chi connectivity index (χ2v) is 2.48. The molecule has 0 heterocycles. The molecule has 1 rings (SSSR count). The third kappa shape index (κ3) is 1.83. The first-order valence-corrected chi connectivity index (χ1v) is 3.74. The van der Waals surface area contributed by atoms with E-state index in [-0.39, 0.29) is 6.61 Å². The summed E-state index contributed by atoms with van der Waals surface area (Å²) in [6.45, 7) is 0.0187. The third-order valence-corrected chi connectivity index (χ3v) is 1.65. The minimum absolute atomic E-state index is 0.0187.